The zero-order valence-electron chi connectivity index (χ0n) is 8.82. The van der Waals surface area contributed by atoms with E-state index in [0.717, 1.165) is 16.0 Å². The van der Waals surface area contributed by atoms with E-state index < -0.39 is 7.81 Å². The van der Waals surface area contributed by atoms with E-state index in [-0.39, 0.29) is 0 Å². The van der Waals surface area contributed by atoms with Gasteiger partial charge in [-0.1, -0.05) is 0 Å². The van der Waals surface area contributed by atoms with E-state index >= 15 is 0 Å². The molecule has 0 heterocycles. The third-order valence-electron chi connectivity index (χ3n) is 1.76. The Bertz CT molecular complexity index is 388. The molecule has 0 radical (unpaired) electrons. The van der Waals surface area contributed by atoms with Crippen molar-refractivity contribution in [3.63, 3.8) is 0 Å². The van der Waals surface area contributed by atoms with Crippen molar-refractivity contribution in [2.24, 2.45) is 0 Å². The average molecular weight is 300 g/mol. The minimum absolute atomic E-state index is 0.361. The van der Waals surface area contributed by atoms with Gasteiger partial charge in [0.25, 0.3) is 0 Å². The molecule has 0 fully saturated rings. The van der Waals surface area contributed by atoms with Gasteiger partial charge in [0.1, 0.15) is 5.75 Å². The maximum absolute atomic E-state index is 10.7. The van der Waals surface area contributed by atoms with Gasteiger partial charge in [-0.2, -0.15) is 0 Å². The number of hydrogen-bond donors (Lipinski definition) is 1. The van der Waals surface area contributed by atoms with Gasteiger partial charge >= 0.3 is 33.0 Å². The molecular weight excluding hydrogens is 289 g/mol. The summed E-state index contributed by atoms with van der Waals surface area (Å²) in [5, 5.41) is 9.20. The summed E-state index contributed by atoms with van der Waals surface area (Å²) in [5.74, 6) is 0.361. The molecule has 0 unspecified atom stereocenters. The zero-order valence-corrected chi connectivity index (χ0v) is 10.7. The maximum atomic E-state index is 9.87. The Morgan fingerprint density at radius 1 is 0.941 bits per heavy atom. The van der Waals surface area contributed by atoms with Crippen molar-refractivity contribution >= 4 is 20.4 Å². The number of benzene rings is 1. The molecule has 0 aliphatic heterocycles. The number of phenolic OH excluding ortho intramolecular Hbond substituents is 1. The minimum atomic E-state index is -10.7. The molecule has 17 heavy (non-hydrogen) atoms. The van der Waals surface area contributed by atoms with Crippen LogP contribution < -0.4 is 0 Å². The Balaban J connectivity index is 0.000000325. The third-order valence-corrected chi connectivity index (χ3v) is 2.30. The van der Waals surface area contributed by atoms with Crippen LogP contribution in [0.15, 0.2) is 17.0 Å². The quantitative estimate of drug-likeness (QED) is 0.416. The van der Waals surface area contributed by atoms with Crippen molar-refractivity contribution in [1.82, 2.24) is 0 Å². The van der Waals surface area contributed by atoms with Gasteiger partial charge in [-0.25, -0.2) is 0 Å². The number of hydrogen-bond acceptors (Lipinski definition) is 1. The molecule has 1 aromatic rings. The average Bonchev–Trinajstić information content (AvgIpc) is 2.03. The van der Waals surface area contributed by atoms with Crippen LogP contribution in [0.5, 0.6) is 5.75 Å². The van der Waals surface area contributed by atoms with Crippen molar-refractivity contribution in [1.29, 1.82) is 0 Å². The zero-order chi connectivity index (χ0) is 14.1. The van der Waals surface area contributed by atoms with Crippen LogP contribution in [0.4, 0.5) is 25.2 Å². The second-order valence-electron chi connectivity index (χ2n) is 3.34. The van der Waals surface area contributed by atoms with Crippen molar-refractivity contribution in [2.75, 3.05) is 0 Å². The van der Waals surface area contributed by atoms with Gasteiger partial charge in [0.05, 0.1) is 0 Å². The van der Waals surface area contributed by atoms with Gasteiger partial charge in [0.2, 0.25) is 0 Å². The molecule has 0 saturated heterocycles. The van der Waals surface area contributed by atoms with E-state index in [9.17, 15) is 30.3 Å². The van der Waals surface area contributed by atoms with Crippen LogP contribution in [0, 0.1) is 13.8 Å². The topological polar surface area (TPSA) is 20.2 Å². The molecule has 0 atom stereocenters. The molecule has 0 saturated carbocycles. The summed E-state index contributed by atoms with van der Waals surface area (Å²) in [7, 11) is -10.7. The van der Waals surface area contributed by atoms with Crippen molar-refractivity contribution < 1.29 is 30.3 Å². The van der Waals surface area contributed by atoms with Crippen LogP contribution >= 0.6 is 7.81 Å². The number of aromatic hydroxyl groups is 1. The molecule has 1 rings (SSSR count). The van der Waals surface area contributed by atoms with E-state index in [2.05, 4.69) is 12.6 Å². The predicted octanol–water partition coefficient (Wildman–Crippen LogP) is 4.76. The molecule has 0 spiro atoms. The molecule has 0 bridgehead atoms. The summed E-state index contributed by atoms with van der Waals surface area (Å²) >= 11 is 3.42. The number of phenols is 1. The summed E-state index contributed by atoms with van der Waals surface area (Å²) in [6.07, 6.45) is 0. The first-order valence-corrected chi connectivity index (χ1v) is 6.68. The second-order valence-corrected chi connectivity index (χ2v) is 5.80. The molecule has 102 valence electrons. The van der Waals surface area contributed by atoms with Crippen LogP contribution in [-0.4, -0.2) is 5.11 Å². The molecule has 0 amide bonds. The van der Waals surface area contributed by atoms with E-state index in [0.29, 0.717) is 5.75 Å². The summed E-state index contributed by atoms with van der Waals surface area (Å²) in [6.45, 7) is 3.87. The number of rotatable bonds is 0. The third kappa shape index (κ3) is 10.3. The van der Waals surface area contributed by atoms with Crippen molar-refractivity contribution in [2.45, 2.75) is 18.7 Å². The monoisotopic (exact) mass is 300 g/mol. The van der Waals surface area contributed by atoms with E-state index in [1.165, 1.54) is 0 Å². The fourth-order valence-corrected chi connectivity index (χ4v) is 1.08. The van der Waals surface area contributed by atoms with Crippen LogP contribution in [0.2, 0.25) is 0 Å². The Hall–Kier alpha value is -0.620. The summed E-state index contributed by atoms with van der Waals surface area (Å²) in [4.78, 5) is 1.04. The van der Waals surface area contributed by atoms with E-state index in [4.69, 9.17) is 0 Å². The molecule has 1 N–H and O–H groups in total. The second kappa shape index (κ2) is 3.95. The Kier molecular flexibility index (Phi) is 3.80. The van der Waals surface area contributed by atoms with Crippen LogP contribution in [0.1, 0.15) is 11.1 Å². The Labute approximate surface area is 99.1 Å². The molecule has 1 aromatic carbocycles. The van der Waals surface area contributed by atoms with Gasteiger partial charge in [-0.05, 0) is 44.2 Å². The van der Waals surface area contributed by atoms with Crippen LogP contribution in [0.3, 0.4) is 0 Å². The van der Waals surface area contributed by atoms with Gasteiger partial charge in [0.15, 0.2) is 4.90 Å². The fourth-order valence-electron chi connectivity index (χ4n) is 0.806. The molecule has 1 nitrogen and oxygen atoms in total. The first-order chi connectivity index (χ1) is 7.08. The van der Waals surface area contributed by atoms with Crippen molar-refractivity contribution in [3.05, 3.63) is 23.3 Å². The molecule has 0 aliphatic rings. The van der Waals surface area contributed by atoms with E-state index in [1.54, 1.807) is 6.07 Å². The first-order valence-electron chi connectivity index (χ1n) is 4.15. The Morgan fingerprint density at radius 2 is 1.29 bits per heavy atom. The van der Waals surface area contributed by atoms with Gasteiger partial charge in [-0.3, -0.25) is 0 Å². The SMILES string of the molecule is Cc1c(O)ccc([SH2+])c1C.F[P-](F)(F)(F)(F)F. The number of halogens is 6. The molecule has 9 heteroatoms. The van der Waals surface area contributed by atoms with Gasteiger partial charge < -0.3 is 5.11 Å². The molecule has 0 aliphatic carbocycles. The van der Waals surface area contributed by atoms with Crippen LogP contribution in [0.25, 0.3) is 0 Å². The van der Waals surface area contributed by atoms with Crippen molar-refractivity contribution in [3.8, 4) is 5.75 Å². The Morgan fingerprint density at radius 3 is 1.59 bits per heavy atom. The van der Waals surface area contributed by atoms with Crippen LogP contribution in [-0.2, 0) is 12.6 Å². The fraction of sp³-hybridized carbons (Fsp3) is 0.250. The van der Waals surface area contributed by atoms with Gasteiger partial charge in [-0.15, -0.1) is 0 Å². The summed E-state index contributed by atoms with van der Waals surface area (Å²) < 4.78 is 59.2. The first kappa shape index (κ1) is 16.4. The summed E-state index contributed by atoms with van der Waals surface area (Å²) in [6, 6.07) is 3.53. The van der Waals surface area contributed by atoms with E-state index in [1.807, 2.05) is 19.9 Å². The predicted molar refractivity (Wildman–Crippen MR) is 59.6 cm³/mol. The standard InChI is InChI=1S/C8H10OS.F6P/c1-5-6(2)8(10)4-3-7(5)9;1-7(2,3,4,5)6/h3-4,9-10H,1-2H3;/q;-1/p+1. The normalized spacial score (nSPS) is 15.4. The summed E-state index contributed by atoms with van der Waals surface area (Å²) in [5.41, 5.74) is 2.03. The molecule has 0 aromatic heterocycles. The van der Waals surface area contributed by atoms with Gasteiger partial charge in [0, 0.05) is 5.56 Å². The molecular formula is C8H11F6OPS.